The predicted molar refractivity (Wildman–Crippen MR) is 73.5 cm³/mol. The summed E-state index contributed by atoms with van der Waals surface area (Å²) in [6.45, 7) is 2.98. The molecule has 2 heterocycles. The van der Waals surface area contributed by atoms with Gasteiger partial charge in [0.2, 0.25) is 0 Å². The Morgan fingerprint density at radius 1 is 1.71 bits per heavy atom. The number of nitrogens with zero attached hydrogens (tertiary/aromatic N) is 3. The average Bonchev–Trinajstić information content (AvgIpc) is 2.30. The smallest absolute Gasteiger partial charge is 0.268 e. The van der Waals surface area contributed by atoms with Crippen LogP contribution >= 0.6 is 34.2 Å². The molecule has 1 aromatic heterocycles. The first kappa shape index (κ1) is 13.3. The molecule has 1 unspecified atom stereocenters. The van der Waals surface area contributed by atoms with Gasteiger partial charge in [-0.1, -0.05) is 11.6 Å². The molecule has 1 atom stereocenters. The number of hydrogen-bond acceptors (Lipinski definition) is 4. The molecule has 1 aromatic rings. The van der Waals surface area contributed by atoms with Crippen LogP contribution in [0.25, 0.3) is 0 Å². The SMILES string of the molecule is CN1CCOC(Cn2cnc(Cl)c(I)c2=O)C1. The van der Waals surface area contributed by atoms with Crippen molar-refractivity contribution in [3.8, 4) is 0 Å². The van der Waals surface area contributed by atoms with Gasteiger partial charge in [0.25, 0.3) is 5.56 Å². The highest BCUT2D eigenvalue weighted by atomic mass is 127. The molecule has 0 aromatic carbocycles. The molecule has 17 heavy (non-hydrogen) atoms. The summed E-state index contributed by atoms with van der Waals surface area (Å²) >= 11 is 7.69. The minimum atomic E-state index is -0.109. The van der Waals surface area contributed by atoms with Crippen LogP contribution in [-0.2, 0) is 11.3 Å². The first-order valence-corrected chi connectivity index (χ1v) is 6.74. The fraction of sp³-hybridized carbons (Fsp3) is 0.600. The fourth-order valence-electron chi connectivity index (χ4n) is 1.77. The number of likely N-dealkylation sites (N-methyl/N-ethyl adjacent to an activating group) is 1. The topological polar surface area (TPSA) is 47.4 Å². The average molecular weight is 370 g/mol. The molecule has 1 fully saturated rings. The summed E-state index contributed by atoms with van der Waals surface area (Å²) < 4.78 is 7.62. The Balaban J connectivity index is 2.13. The summed E-state index contributed by atoms with van der Waals surface area (Å²) in [6, 6.07) is 0. The fourth-order valence-corrected chi connectivity index (χ4v) is 2.34. The molecule has 0 amide bonds. The van der Waals surface area contributed by atoms with Gasteiger partial charge in [-0.05, 0) is 29.6 Å². The van der Waals surface area contributed by atoms with Crippen molar-refractivity contribution < 1.29 is 4.74 Å². The van der Waals surface area contributed by atoms with E-state index in [1.807, 2.05) is 29.6 Å². The highest BCUT2D eigenvalue weighted by molar-refractivity contribution is 14.1. The molecule has 5 nitrogen and oxygen atoms in total. The van der Waals surface area contributed by atoms with Gasteiger partial charge in [0.05, 0.1) is 25.6 Å². The van der Waals surface area contributed by atoms with E-state index in [4.69, 9.17) is 16.3 Å². The first-order chi connectivity index (χ1) is 8.08. The molecule has 2 rings (SSSR count). The highest BCUT2D eigenvalue weighted by Gasteiger charge is 2.19. The first-order valence-electron chi connectivity index (χ1n) is 5.28. The maximum Gasteiger partial charge on any atom is 0.268 e. The quantitative estimate of drug-likeness (QED) is 0.572. The summed E-state index contributed by atoms with van der Waals surface area (Å²) in [7, 11) is 2.04. The van der Waals surface area contributed by atoms with E-state index in [1.165, 1.54) is 6.33 Å². The van der Waals surface area contributed by atoms with Gasteiger partial charge in [0.15, 0.2) is 0 Å². The second-order valence-corrected chi connectivity index (χ2v) is 5.50. The Labute approximate surface area is 118 Å². The largest absolute Gasteiger partial charge is 0.374 e. The van der Waals surface area contributed by atoms with Crippen LogP contribution in [0.4, 0.5) is 0 Å². The monoisotopic (exact) mass is 369 g/mol. The number of halogens is 2. The molecule has 0 radical (unpaired) electrons. The van der Waals surface area contributed by atoms with Gasteiger partial charge in [-0.2, -0.15) is 0 Å². The van der Waals surface area contributed by atoms with Gasteiger partial charge in [0, 0.05) is 13.1 Å². The van der Waals surface area contributed by atoms with Crippen molar-refractivity contribution in [2.75, 3.05) is 26.7 Å². The summed E-state index contributed by atoms with van der Waals surface area (Å²) in [4.78, 5) is 18.1. The molecule has 1 aliphatic rings. The third kappa shape index (κ3) is 3.18. The lowest BCUT2D eigenvalue weighted by atomic mass is 10.3. The number of aromatic nitrogens is 2. The summed E-state index contributed by atoms with van der Waals surface area (Å²) in [6.07, 6.45) is 1.51. The van der Waals surface area contributed by atoms with Gasteiger partial charge in [-0.15, -0.1) is 0 Å². The molecular formula is C10H13ClIN3O2. The van der Waals surface area contributed by atoms with E-state index in [1.54, 1.807) is 4.57 Å². The van der Waals surface area contributed by atoms with E-state index in [9.17, 15) is 4.79 Å². The molecule has 94 valence electrons. The summed E-state index contributed by atoms with van der Waals surface area (Å²) in [5, 5.41) is 0.258. The van der Waals surface area contributed by atoms with Crippen molar-refractivity contribution in [1.82, 2.24) is 14.5 Å². The van der Waals surface area contributed by atoms with Crippen LogP contribution in [-0.4, -0.2) is 47.3 Å². The van der Waals surface area contributed by atoms with Crippen molar-refractivity contribution in [3.05, 3.63) is 25.4 Å². The van der Waals surface area contributed by atoms with Crippen molar-refractivity contribution >= 4 is 34.2 Å². The van der Waals surface area contributed by atoms with Crippen LogP contribution in [0.2, 0.25) is 5.15 Å². The number of morpholine rings is 1. The van der Waals surface area contributed by atoms with Crippen molar-refractivity contribution in [3.63, 3.8) is 0 Å². The van der Waals surface area contributed by atoms with Crippen LogP contribution in [0.15, 0.2) is 11.1 Å². The zero-order chi connectivity index (χ0) is 12.4. The molecule has 0 saturated carbocycles. The Morgan fingerprint density at radius 3 is 3.18 bits per heavy atom. The lowest BCUT2D eigenvalue weighted by Gasteiger charge is -2.30. The highest BCUT2D eigenvalue weighted by Crippen LogP contribution is 2.10. The minimum Gasteiger partial charge on any atom is -0.374 e. The molecule has 0 aliphatic carbocycles. The number of hydrogen-bond donors (Lipinski definition) is 0. The predicted octanol–water partition coefficient (Wildman–Crippen LogP) is 0.832. The maximum atomic E-state index is 11.9. The zero-order valence-electron chi connectivity index (χ0n) is 9.40. The molecule has 0 bridgehead atoms. The van der Waals surface area contributed by atoms with Gasteiger partial charge >= 0.3 is 0 Å². The lowest BCUT2D eigenvalue weighted by molar-refractivity contribution is -0.0280. The van der Waals surface area contributed by atoms with Crippen LogP contribution in [0, 0.1) is 3.57 Å². The van der Waals surface area contributed by atoms with E-state index in [0.717, 1.165) is 13.1 Å². The minimum absolute atomic E-state index is 0.0326. The molecule has 1 saturated heterocycles. The van der Waals surface area contributed by atoms with E-state index in [-0.39, 0.29) is 16.8 Å². The normalized spacial score (nSPS) is 21.7. The maximum absolute atomic E-state index is 11.9. The Kier molecular flexibility index (Phi) is 4.40. The molecule has 7 heteroatoms. The van der Waals surface area contributed by atoms with Gasteiger partial charge in [0.1, 0.15) is 8.72 Å². The van der Waals surface area contributed by atoms with E-state index >= 15 is 0 Å². The molecular weight excluding hydrogens is 356 g/mol. The number of ether oxygens (including phenoxy) is 1. The summed E-state index contributed by atoms with van der Waals surface area (Å²) in [5.74, 6) is 0. The molecule has 0 N–H and O–H groups in total. The van der Waals surface area contributed by atoms with Gasteiger partial charge in [-0.25, -0.2) is 4.98 Å². The summed E-state index contributed by atoms with van der Waals surface area (Å²) in [5.41, 5.74) is -0.109. The molecule has 0 spiro atoms. The van der Waals surface area contributed by atoms with Crippen molar-refractivity contribution in [1.29, 1.82) is 0 Å². The third-order valence-corrected chi connectivity index (χ3v) is 4.26. The van der Waals surface area contributed by atoms with Gasteiger partial charge < -0.3 is 9.64 Å². The van der Waals surface area contributed by atoms with Crippen molar-refractivity contribution in [2.45, 2.75) is 12.6 Å². The zero-order valence-corrected chi connectivity index (χ0v) is 12.3. The third-order valence-electron chi connectivity index (χ3n) is 2.68. The number of rotatable bonds is 2. The van der Waals surface area contributed by atoms with Gasteiger partial charge in [-0.3, -0.25) is 9.36 Å². The lowest BCUT2D eigenvalue weighted by Crippen LogP contribution is -2.43. The van der Waals surface area contributed by atoms with E-state index in [0.29, 0.717) is 16.7 Å². The van der Waals surface area contributed by atoms with Crippen LogP contribution < -0.4 is 5.56 Å². The Hall–Kier alpha value is -0.180. The van der Waals surface area contributed by atoms with Crippen LogP contribution in [0.3, 0.4) is 0 Å². The second kappa shape index (κ2) is 5.64. The van der Waals surface area contributed by atoms with Crippen LogP contribution in [0.5, 0.6) is 0 Å². The van der Waals surface area contributed by atoms with E-state index < -0.39 is 0 Å². The van der Waals surface area contributed by atoms with E-state index in [2.05, 4.69) is 9.88 Å². The van der Waals surface area contributed by atoms with Crippen LogP contribution in [0.1, 0.15) is 0 Å². The van der Waals surface area contributed by atoms with Crippen molar-refractivity contribution in [2.24, 2.45) is 0 Å². The molecule has 1 aliphatic heterocycles. The Bertz CT molecular complexity index is 465. The Morgan fingerprint density at radius 2 is 2.47 bits per heavy atom. The second-order valence-electron chi connectivity index (χ2n) is 4.06. The standard InChI is InChI=1S/C10H13ClIN3O2/c1-14-2-3-17-7(4-14)5-15-6-13-9(11)8(12)10(15)16/h6-7H,2-5H2,1H3.